The molecule has 1 aliphatic heterocycles. The summed E-state index contributed by atoms with van der Waals surface area (Å²) in [7, 11) is 0. The van der Waals surface area contributed by atoms with E-state index in [-0.39, 0.29) is 12.0 Å². The number of hydrogen-bond donors (Lipinski definition) is 0. The van der Waals surface area contributed by atoms with Crippen molar-refractivity contribution in [1.82, 2.24) is 24.4 Å². The Balaban J connectivity index is 1.37. The molecule has 1 atom stereocenters. The van der Waals surface area contributed by atoms with Gasteiger partial charge in [0.2, 0.25) is 17.5 Å². The molecule has 3 aromatic heterocycles. The minimum atomic E-state index is -0.385. The summed E-state index contributed by atoms with van der Waals surface area (Å²) in [5, 5.41) is 4.64. The molecule has 0 bridgehead atoms. The Bertz CT molecular complexity index is 980. The number of halogens is 1. The van der Waals surface area contributed by atoms with Crippen LogP contribution in [0.25, 0.3) is 5.52 Å². The van der Waals surface area contributed by atoms with Gasteiger partial charge >= 0.3 is 0 Å². The van der Waals surface area contributed by atoms with Gasteiger partial charge in [-0.1, -0.05) is 16.8 Å². The third kappa shape index (κ3) is 2.75. The molecule has 2 aliphatic rings. The molecule has 26 heavy (non-hydrogen) atoms. The Hall–Kier alpha value is -2.45. The Morgan fingerprint density at radius 1 is 1.35 bits per heavy atom. The second kappa shape index (κ2) is 6.07. The number of carbonyl (C=O) groups is 1. The lowest BCUT2D eigenvalue weighted by Crippen LogP contribution is -2.43. The smallest absolute Gasteiger partial charge is 0.290 e. The lowest BCUT2D eigenvalue weighted by Gasteiger charge is -2.31. The van der Waals surface area contributed by atoms with Crippen molar-refractivity contribution >= 4 is 23.0 Å². The van der Waals surface area contributed by atoms with Crippen LogP contribution in [0.3, 0.4) is 0 Å². The molecule has 1 amide bonds. The summed E-state index contributed by atoms with van der Waals surface area (Å²) in [6.07, 6.45) is 5.18. The number of nitrogens with zero attached hydrogens (tertiary/aromatic N) is 5. The van der Waals surface area contributed by atoms with Crippen LogP contribution in [0.2, 0.25) is 5.02 Å². The van der Waals surface area contributed by atoms with E-state index in [0.29, 0.717) is 48.2 Å². The maximum absolute atomic E-state index is 12.9. The number of fused-ring (bicyclic) bond motifs is 1. The van der Waals surface area contributed by atoms with Crippen LogP contribution in [0.1, 0.15) is 47.2 Å². The summed E-state index contributed by atoms with van der Waals surface area (Å²) in [4.78, 5) is 23.4. The normalized spacial score (nSPS) is 20.7. The summed E-state index contributed by atoms with van der Waals surface area (Å²) in [6, 6.07) is 3.50. The Kier molecular flexibility index (Phi) is 3.68. The summed E-state index contributed by atoms with van der Waals surface area (Å²) in [5.41, 5.74) is 0.776. The number of ether oxygens (including phenoxy) is 1. The van der Waals surface area contributed by atoms with Crippen LogP contribution in [-0.2, 0) is 4.74 Å². The van der Waals surface area contributed by atoms with Crippen LogP contribution in [0.5, 0.6) is 0 Å². The minimum absolute atomic E-state index is 0.161. The van der Waals surface area contributed by atoms with Gasteiger partial charge in [0.25, 0.3) is 5.91 Å². The van der Waals surface area contributed by atoms with Gasteiger partial charge in [0.1, 0.15) is 6.10 Å². The number of hydrogen-bond acceptors (Lipinski definition) is 6. The summed E-state index contributed by atoms with van der Waals surface area (Å²) in [5.74, 6) is 1.75. The first-order chi connectivity index (χ1) is 12.7. The van der Waals surface area contributed by atoms with Crippen molar-refractivity contribution < 1.29 is 14.1 Å². The Labute approximate surface area is 153 Å². The van der Waals surface area contributed by atoms with Crippen molar-refractivity contribution in [1.29, 1.82) is 0 Å². The first-order valence-corrected chi connectivity index (χ1v) is 8.94. The molecule has 0 spiro atoms. The predicted molar refractivity (Wildman–Crippen MR) is 91.1 cm³/mol. The molecule has 5 rings (SSSR count). The van der Waals surface area contributed by atoms with Crippen molar-refractivity contribution in [3.63, 3.8) is 0 Å². The van der Waals surface area contributed by atoms with Gasteiger partial charge in [0, 0.05) is 23.7 Å². The molecule has 0 aromatic carbocycles. The summed E-state index contributed by atoms with van der Waals surface area (Å²) in [6.45, 7) is 1.27. The number of amides is 1. The first kappa shape index (κ1) is 15.8. The third-order valence-electron chi connectivity index (χ3n) is 4.71. The first-order valence-electron chi connectivity index (χ1n) is 8.56. The third-order valence-corrected chi connectivity index (χ3v) is 4.95. The molecule has 1 unspecified atom stereocenters. The maximum atomic E-state index is 12.9. The van der Waals surface area contributed by atoms with E-state index in [1.54, 1.807) is 33.8 Å². The Morgan fingerprint density at radius 3 is 3.08 bits per heavy atom. The molecule has 4 heterocycles. The average Bonchev–Trinajstić information content (AvgIpc) is 3.24. The fourth-order valence-electron chi connectivity index (χ4n) is 3.14. The molecule has 0 radical (unpaired) electrons. The maximum Gasteiger partial charge on any atom is 0.290 e. The fourth-order valence-corrected chi connectivity index (χ4v) is 3.30. The number of aromatic nitrogens is 4. The zero-order chi connectivity index (χ0) is 17.7. The van der Waals surface area contributed by atoms with Gasteiger partial charge in [-0.3, -0.25) is 9.20 Å². The van der Waals surface area contributed by atoms with E-state index >= 15 is 0 Å². The highest BCUT2D eigenvalue weighted by molar-refractivity contribution is 6.30. The molecule has 2 fully saturated rings. The van der Waals surface area contributed by atoms with Crippen LogP contribution in [0.15, 0.2) is 29.0 Å². The van der Waals surface area contributed by atoms with Gasteiger partial charge in [-0.2, -0.15) is 4.98 Å². The molecule has 1 aliphatic carbocycles. The largest absolute Gasteiger partial charge is 0.366 e. The molecule has 9 heteroatoms. The lowest BCUT2D eigenvalue weighted by atomic mass is 10.2. The standard InChI is InChI=1S/C17H16ClN5O3/c18-11-3-4-23-12(7-11)8-19-15(23)17(24)22-5-6-25-13(9-22)14-20-16(26-21-14)10-1-2-10/h3-4,7-8,10,13H,1-2,5-6,9H2. The number of imidazole rings is 1. The SMILES string of the molecule is O=C(c1ncc2cc(Cl)ccn12)N1CCOC(c2noc(C3CC3)n2)C1. The van der Waals surface area contributed by atoms with Gasteiger partial charge in [0.15, 0.2) is 0 Å². The van der Waals surface area contributed by atoms with Crippen molar-refractivity contribution in [2.75, 3.05) is 19.7 Å². The molecule has 3 aromatic rings. The van der Waals surface area contributed by atoms with E-state index in [9.17, 15) is 4.79 Å². The lowest BCUT2D eigenvalue weighted by molar-refractivity contribution is -0.0280. The van der Waals surface area contributed by atoms with Gasteiger partial charge < -0.3 is 14.2 Å². The van der Waals surface area contributed by atoms with E-state index in [1.165, 1.54) is 0 Å². The molecule has 1 saturated carbocycles. The molecule has 8 nitrogen and oxygen atoms in total. The zero-order valence-electron chi connectivity index (χ0n) is 13.8. The Morgan fingerprint density at radius 2 is 2.23 bits per heavy atom. The molecule has 134 valence electrons. The van der Waals surface area contributed by atoms with Crippen LogP contribution in [-0.4, -0.2) is 50.0 Å². The van der Waals surface area contributed by atoms with Gasteiger partial charge in [-0.25, -0.2) is 4.98 Å². The van der Waals surface area contributed by atoms with Crippen LogP contribution in [0.4, 0.5) is 0 Å². The number of pyridine rings is 1. The monoisotopic (exact) mass is 373 g/mol. The quantitative estimate of drug-likeness (QED) is 0.701. The van der Waals surface area contributed by atoms with E-state index in [1.807, 2.05) is 0 Å². The van der Waals surface area contributed by atoms with E-state index in [2.05, 4.69) is 15.1 Å². The topological polar surface area (TPSA) is 85.8 Å². The fraction of sp³-hybridized carbons (Fsp3) is 0.412. The highest BCUT2D eigenvalue weighted by atomic mass is 35.5. The van der Waals surface area contributed by atoms with Crippen LogP contribution < -0.4 is 0 Å². The molecular formula is C17H16ClN5O3. The minimum Gasteiger partial charge on any atom is -0.366 e. The summed E-state index contributed by atoms with van der Waals surface area (Å²) >= 11 is 6.00. The van der Waals surface area contributed by atoms with E-state index in [4.69, 9.17) is 20.9 Å². The second-order valence-corrected chi connectivity index (χ2v) is 7.03. The zero-order valence-corrected chi connectivity index (χ0v) is 14.6. The van der Waals surface area contributed by atoms with E-state index < -0.39 is 0 Å². The van der Waals surface area contributed by atoms with Crippen molar-refractivity contribution in [2.45, 2.75) is 24.9 Å². The number of rotatable bonds is 3. The van der Waals surface area contributed by atoms with Crippen molar-refractivity contribution in [3.8, 4) is 0 Å². The number of carbonyl (C=O) groups excluding carboxylic acids is 1. The van der Waals surface area contributed by atoms with Crippen molar-refractivity contribution in [2.24, 2.45) is 0 Å². The second-order valence-electron chi connectivity index (χ2n) is 6.60. The number of morpholine rings is 1. The average molecular weight is 374 g/mol. The van der Waals surface area contributed by atoms with Crippen LogP contribution >= 0.6 is 11.6 Å². The van der Waals surface area contributed by atoms with Gasteiger partial charge in [0.05, 0.1) is 24.9 Å². The molecular weight excluding hydrogens is 358 g/mol. The van der Waals surface area contributed by atoms with Gasteiger partial charge in [-0.15, -0.1) is 0 Å². The van der Waals surface area contributed by atoms with E-state index in [0.717, 1.165) is 18.4 Å². The van der Waals surface area contributed by atoms with Crippen LogP contribution in [0, 0.1) is 0 Å². The molecule has 1 saturated heterocycles. The predicted octanol–water partition coefficient (Wildman–Crippen LogP) is 2.46. The van der Waals surface area contributed by atoms with Crippen molar-refractivity contribution in [3.05, 3.63) is 47.1 Å². The van der Waals surface area contributed by atoms with Gasteiger partial charge in [-0.05, 0) is 25.0 Å². The summed E-state index contributed by atoms with van der Waals surface area (Å²) < 4.78 is 12.8. The highest BCUT2D eigenvalue weighted by Crippen LogP contribution is 2.39. The molecule has 0 N–H and O–H groups in total. The highest BCUT2D eigenvalue weighted by Gasteiger charge is 2.34.